The van der Waals surface area contributed by atoms with Gasteiger partial charge in [-0.05, 0) is 31.0 Å². The number of hydrogen-bond donors (Lipinski definition) is 1. The molecule has 1 aromatic carbocycles. The van der Waals surface area contributed by atoms with Crippen LogP contribution in [0.1, 0.15) is 19.3 Å². The molecule has 0 fully saturated rings. The highest BCUT2D eigenvalue weighted by atomic mass is 35.7. The van der Waals surface area contributed by atoms with E-state index in [0.717, 1.165) is 12.1 Å². The molecule has 0 saturated carbocycles. The van der Waals surface area contributed by atoms with Crippen molar-refractivity contribution in [2.45, 2.75) is 24.2 Å². The third kappa shape index (κ3) is 5.44. The first kappa shape index (κ1) is 15.7. The Kier molecular flexibility index (Phi) is 5.56. The molecule has 1 N–H and O–H groups in total. The Morgan fingerprint density at radius 2 is 2.05 bits per heavy atom. The fourth-order valence-electron chi connectivity index (χ4n) is 1.35. The van der Waals surface area contributed by atoms with Gasteiger partial charge in [0.1, 0.15) is 16.5 Å². The first-order chi connectivity index (χ1) is 8.80. The quantitative estimate of drug-likeness (QED) is 0.618. The number of carbonyl (C=O) groups is 1. The first-order valence-corrected chi connectivity index (χ1v) is 7.70. The molecule has 0 heterocycles. The van der Waals surface area contributed by atoms with E-state index in [4.69, 9.17) is 20.5 Å². The highest BCUT2D eigenvalue weighted by Crippen LogP contribution is 2.27. The van der Waals surface area contributed by atoms with Crippen LogP contribution in [0.2, 0.25) is 0 Å². The molecule has 0 atom stereocenters. The number of hydrogen-bond acceptors (Lipinski definition) is 4. The molecule has 1 aromatic rings. The van der Waals surface area contributed by atoms with Gasteiger partial charge in [-0.15, -0.1) is 0 Å². The van der Waals surface area contributed by atoms with E-state index in [1.807, 2.05) is 0 Å². The molecule has 106 valence electrons. The summed E-state index contributed by atoms with van der Waals surface area (Å²) in [6.07, 6.45) is 0.846. The van der Waals surface area contributed by atoms with Crippen molar-refractivity contribution in [3.8, 4) is 5.75 Å². The number of benzene rings is 1. The van der Waals surface area contributed by atoms with Crippen LogP contribution in [-0.4, -0.2) is 26.1 Å². The van der Waals surface area contributed by atoms with Gasteiger partial charge >= 0.3 is 5.97 Å². The number of carboxylic acid groups (broad SMARTS) is 1. The van der Waals surface area contributed by atoms with E-state index in [9.17, 15) is 17.6 Å². The normalized spacial score (nSPS) is 11.3. The van der Waals surface area contributed by atoms with E-state index in [1.165, 1.54) is 6.07 Å². The lowest BCUT2D eigenvalue weighted by molar-refractivity contribution is -0.137. The summed E-state index contributed by atoms with van der Waals surface area (Å²) in [5.74, 6) is -1.70. The predicted molar refractivity (Wildman–Crippen MR) is 66.4 cm³/mol. The van der Waals surface area contributed by atoms with Crippen LogP contribution >= 0.6 is 10.7 Å². The van der Waals surface area contributed by atoms with Gasteiger partial charge in [0, 0.05) is 17.1 Å². The Hall–Kier alpha value is -1.34. The van der Waals surface area contributed by atoms with Crippen LogP contribution in [0.5, 0.6) is 5.75 Å². The van der Waals surface area contributed by atoms with Gasteiger partial charge in [0.05, 0.1) is 6.61 Å². The zero-order valence-electron chi connectivity index (χ0n) is 9.80. The van der Waals surface area contributed by atoms with Gasteiger partial charge in [-0.1, -0.05) is 0 Å². The van der Waals surface area contributed by atoms with Crippen LogP contribution < -0.4 is 4.74 Å². The van der Waals surface area contributed by atoms with Crippen LogP contribution in [0.25, 0.3) is 0 Å². The molecule has 0 saturated heterocycles. The number of rotatable bonds is 7. The van der Waals surface area contributed by atoms with E-state index in [0.29, 0.717) is 12.8 Å². The van der Waals surface area contributed by atoms with Crippen molar-refractivity contribution in [1.82, 2.24) is 0 Å². The van der Waals surface area contributed by atoms with Crippen molar-refractivity contribution in [3.63, 3.8) is 0 Å². The number of ether oxygens (including phenoxy) is 1. The van der Waals surface area contributed by atoms with Gasteiger partial charge in [-0.2, -0.15) is 0 Å². The zero-order valence-corrected chi connectivity index (χ0v) is 11.4. The van der Waals surface area contributed by atoms with E-state index in [-0.39, 0.29) is 18.8 Å². The molecule has 0 amide bonds. The Morgan fingerprint density at radius 3 is 2.63 bits per heavy atom. The van der Waals surface area contributed by atoms with E-state index >= 15 is 0 Å². The smallest absolute Gasteiger partial charge is 0.303 e. The molecule has 0 radical (unpaired) electrons. The molecule has 0 unspecified atom stereocenters. The van der Waals surface area contributed by atoms with Crippen molar-refractivity contribution >= 4 is 25.7 Å². The molecule has 0 spiro atoms. The minimum Gasteiger partial charge on any atom is -0.492 e. The lowest BCUT2D eigenvalue weighted by Gasteiger charge is -2.09. The molecule has 8 heteroatoms. The van der Waals surface area contributed by atoms with Crippen molar-refractivity contribution in [1.29, 1.82) is 0 Å². The molecule has 0 aliphatic heterocycles. The maximum Gasteiger partial charge on any atom is 0.303 e. The SMILES string of the molecule is O=C(O)CCCCOc1ccc(F)cc1S(=O)(=O)Cl. The fourth-order valence-corrected chi connectivity index (χ4v) is 2.33. The molecular weight excluding hydrogens is 299 g/mol. The van der Waals surface area contributed by atoms with Crippen molar-refractivity contribution in [2.24, 2.45) is 0 Å². The largest absolute Gasteiger partial charge is 0.492 e. The maximum absolute atomic E-state index is 13.0. The van der Waals surface area contributed by atoms with Crippen LogP contribution in [0.15, 0.2) is 23.1 Å². The zero-order chi connectivity index (χ0) is 14.5. The van der Waals surface area contributed by atoms with Gasteiger partial charge in [0.2, 0.25) is 0 Å². The van der Waals surface area contributed by atoms with Crippen LogP contribution in [0.4, 0.5) is 4.39 Å². The molecule has 0 aliphatic rings. The van der Waals surface area contributed by atoms with Crippen LogP contribution in [-0.2, 0) is 13.8 Å². The third-order valence-corrected chi connectivity index (χ3v) is 3.55. The Labute approximate surface area is 114 Å². The fraction of sp³-hybridized carbons (Fsp3) is 0.364. The molecule has 0 aliphatic carbocycles. The molecule has 0 bridgehead atoms. The Morgan fingerprint density at radius 1 is 1.37 bits per heavy atom. The minimum atomic E-state index is -4.10. The minimum absolute atomic E-state index is 0.00738. The average molecular weight is 311 g/mol. The monoisotopic (exact) mass is 310 g/mol. The first-order valence-electron chi connectivity index (χ1n) is 5.39. The van der Waals surface area contributed by atoms with E-state index in [1.54, 1.807) is 0 Å². The van der Waals surface area contributed by atoms with Crippen molar-refractivity contribution in [2.75, 3.05) is 6.61 Å². The second-order valence-electron chi connectivity index (χ2n) is 3.73. The van der Waals surface area contributed by atoms with Crippen LogP contribution in [0, 0.1) is 5.82 Å². The number of unbranched alkanes of at least 4 members (excludes halogenated alkanes) is 1. The van der Waals surface area contributed by atoms with Crippen LogP contribution in [0.3, 0.4) is 0 Å². The summed E-state index contributed by atoms with van der Waals surface area (Å²) in [6.45, 7) is 0.123. The highest BCUT2D eigenvalue weighted by Gasteiger charge is 2.17. The second kappa shape index (κ2) is 6.72. The number of carboxylic acids is 1. The summed E-state index contributed by atoms with van der Waals surface area (Å²) in [5.41, 5.74) is 0. The van der Waals surface area contributed by atoms with Gasteiger partial charge in [-0.25, -0.2) is 12.8 Å². The summed E-state index contributed by atoms with van der Waals surface area (Å²) in [4.78, 5) is 9.84. The topological polar surface area (TPSA) is 80.7 Å². The third-order valence-electron chi connectivity index (χ3n) is 2.21. The average Bonchev–Trinajstić information content (AvgIpc) is 2.28. The molecule has 5 nitrogen and oxygen atoms in total. The summed E-state index contributed by atoms with van der Waals surface area (Å²) in [7, 11) is 1.07. The molecule has 0 aromatic heterocycles. The Bertz CT molecular complexity index is 558. The summed E-state index contributed by atoms with van der Waals surface area (Å²) in [5, 5.41) is 8.43. The van der Waals surface area contributed by atoms with Gasteiger partial charge in [-0.3, -0.25) is 4.79 Å². The van der Waals surface area contributed by atoms with Gasteiger partial charge in [0.25, 0.3) is 9.05 Å². The lowest BCUT2D eigenvalue weighted by Crippen LogP contribution is -2.03. The Balaban J connectivity index is 2.66. The van der Waals surface area contributed by atoms with Gasteiger partial charge < -0.3 is 9.84 Å². The number of aliphatic carboxylic acids is 1. The van der Waals surface area contributed by atoms with Crippen molar-refractivity contribution in [3.05, 3.63) is 24.0 Å². The molecule has 19 heavy (non-hydrogen) atoms. The predicted octanol–water partition coefficient (Wildman–Crippen LogP) is 2.39. The molecule has 1 rings (SSSR count). The van der Waals surface area contributed by atoms with Crippen molar-refractivity contribution < 1.29 is 27.4 Å². The number of halogens is 2. The second-order valence-corrected chi connectivity index (χ2v) is 6.26. The standard InChI is InChI=1S/C11H12ClFO5S/c12-19(16,17)10-7-8(13)4-5-9(10)18-6-2-1-3-11(14)15/h4-5,7H,1-3,6H2,(H,14,15). The maximum atomic E-state index is 13.0. The summed E-state index contributed by atoms with van der Waals surface area (Å²) in [6, 6.07) is 2.99. The van der Waals surface area contributed by atoms with Gasteiger partial charge in [0.15, 0.2) is 0 Å². The van der Waals surface area contributed by atoms with E-state index in [2.05, 4.69) is 0 Å². The summed E-state index contributed by atoms with van der Waals surface area (Å²) < 4.78 is 40.6. The lowest BCUT2D eigenvalue weighted by atomic mass is 10.2. The highest BCUT2D eigenvalue weighted by molar-refractivity contribution is 8.13. The summed E-state index contributed by atoms with van der Waals surface area (Å²) >= 11 is 0. The molecular formula is C11H12ClFO5S. The van der Waals surface area contributed by atoms with E-state index < -0.39 is 25.7 Å².